The van der Waals surface area contributed by atoms with Crippen molar-refractivity contribution >= 4 is 27.7 Å². The van der Waals surface area contributed by atoms with Crippen LogP contribution < -0.4 is 14.4 Å². The van der Waals surface area contributed by atoms with Crippen LogP contribution in [-0.4, -0.2) is 32.5 Å². The third-order valence-electron chi connectivity index (χ3n) is 4.45. The molecule has 144 valence electrons. The molecular weight excluding hydrogens is 410 g/mol. The van der Waals surface area contributed by atoms with Crippen LogP contribution in [0.5, 0.6) is 11.5 Å². The van der Waals surface area contributed by atoms with Crippen molar-refractivity contribution in [2.24, 2.45) is 0 Å². The van der Waals surface area contributed by atoms with Gasteiger partial charge in [-0.05, 0) is 50.1 Å². The van der Waals surface area contributed by atoms with Crippen molar-refractivity contribution in [1.82, 2.24) is 0 Å². The summed E-state index contributed by atoms with van der Waals surface area (Å²) >= 11 is 3.66. The summed E-state index contributed by atoms with van der Waals surface area (Å²) in [5.74, 6) is 1.51. The van der Waals surface area contributed by atoms with E-state index in [9.17, 15) is 4.79 Å². The van der Waals surface area contributed by atoms with Crippen LogP contribution in [-0.2, 0) is 4.74 Å². The molecule has 0 N–H and O–H groups in total. The van der Waals surface area contributed by atoms with E-state index in [4.69, 9.17) is 14.2 Å². The molecule has 27 heavy (non-hydrogen) atoms. The van der Waals surface area contributed by atoms with Gasteiger partial charge < -0.3 is 14.2 Å². The number of hydrogen-bond donors (Lipinski definition) is 0. The van der Waals surface area contributed by atoms with Crippen molar-refractivity contribution in [2.45, 2.75) is 32.3 Å². The van der Waals surface area contributed by atoms with Crippen LogP contribution in [0.25, 0.3) is 0 Å². The van der Waals surface area contributed by atoms with Crippen LogP contribution in [0.3, 0.4) is 0 Å². The Kier molecular flexibility index (Phi) is 5.38. The van der Waals surface area contributed by atoms with E-state index in [1.807, 2.05) is 57.2 Å². The molecule has 1 aliphatic heterocycles. The number of ether oxygens (including phenoxy) is 3. The SMILES string of the molecule is COc1ccc(C2CN(C(=O)OC(C)(C)C)c3cc(OC)cc(Br)c32)cc1. The summed E-state index contributed by atoms with van der Waals surface area (Å²) in [5, 5.41) is 0. The minimum atomic E-state index is -0.564. The highest BCUT2D eigenvalue weighted by Crippen LogP contribution is 2.46. The Labute approximate surface area is 168 Å². The Balaban J connectivity index is 2.05. The Morgan fingerprint density at radius 1 is 1.07 bits per heavy atom. The summed E-state index contributed by atoms with van der Waals surface area (Å²) in [7, 11) is 3.26. The van der Waals surface area contributed by atoms with Crippen LogP contribution in [0, 0.1) is 0 Å². The molecule has 0 saturated carbocycles. The van der Waals surface area contributed by atoms with Crippen LogP contribution in [0.1, 0.15) is 37.8 Å². The quantitative estimate of drug-likeness (QED) is 0.653. The number of carbonyl (C=O) groups excluding carboxylic acids is 1. The van der Waals surface area contributed by atoms with E-state index in [0.29, 0.717) is 12.3 Å². The maximum atomic E-state index is 12.8. The number of fused-ring (bicyclic) bond motifs is 1. The monoisotopic (exact) mass is 433 g/mol. The third-order valence-corrected chi connectivity index (χ3v) is 5.11. The Morgan fingerprint density at radius 3 is 2.26 bits per heavy atom. The van der Waals surface area contributed by atoms with E-state index in [2.05, 4.69) is 15.9 Å². The second-order valence-corrected chi connectivity index (χ2v) is 8.31. The molecule has 0 fully saturated rings. The van der Waals surface area contributed by atoms with Gasteiger partial charge in [-0.1, -0.05) is 28.1 Å². The molecule has 1 aliphatic rings. The molecule has 3 rings (SSSR count). The first-order chi connectivity index (χ1) is 12.7. The van der Waals surface area contributed by atoms with Gasteiger partial charge in [-0.3, -0.25) is 4.90 Å². The van der Waals surface area contributed by atoms with Gasteiger partial charge in [0.25, 0.3) is 0 Å². The summed E-state index contributed by atoms with van der Waals surface area (Å²) in [4.78, 5) is 14.5. The Hall–Kier alpha value is -2.21. The highest BCUT2D eigenvalue weighted by Gasteiger charge is 2.37. The number of carbonyl (C=O) groups is 1. The van der Waals surface area contributed by atoms with Crippen LogP contribution in [0.4, 0.5) is 10.5 Å². The van der Waals surface area contributed by atoms with Crippen molar-refractivity contribution in [1.29, 1.82) is 0 Å². The van der Waals surface area contributed by atoms with Gasteiger partial charge in [-0.15, -0.1) is 0 Å². The first kappa shape index (κ1) is 19.5. The van der Waals surface area contributed by atoms with Crippen molar-refractivity contribution in [3.05, 3.63) is 52.0 Å². The van der Waals surface area contributed by atoms with E-state index < -0.39 is 5.60 Å². The van der Waals surface area contributed by atoms with Gasteiger partial charge in [0.15, 0.2) is 0 Å². The van der Waals surface area contributed by atoms with Crippen LogP contribution in [0.2, 0.25) is 0 Å². The minimum absolute atomic E-state index is 0.0266. The molecule has 1 atom stereocenters. The number of nitrogens with zero attached hydrogens (tertiary/aromatic N) is 1. The van der Waals surface area contributed by atoms with Gasteiger partial charge in [-0.25, -0.2) is 4.79 Å². The highest BCUT2D eigenvalue weighted by molar-refractivity contribution is 9.10. The lowest BCUT2D eigenvalue weighted by molar-refractivity contribution is 0.0583. The predicted octanol–water partition coefficient (Wildman–Crippen LogP) is 5.35. The van der Waals surface area contributed by atoms with E-state index in [-0.39, 0.29) is 12.0 Å². The largest absolute Gasteiger partial charge is 0.497 e. The second kappa shape index (κ2) is 7.43. The molecule has 2 aromatic rings. The molecule has 0 aliphatic carbocycles. The van der Waals surface area contributed by atoms with Crippen LogP contribution in [0.15, 0.2) is 40.9 Å². The molecule has 0 bridgehead atoms. The topological polar surface area (TPSA) is 48.0 Å². The molecule has 1 unspecified atom stereocenters. The molecule has 2 aromatic carbocycles. The van der Waals surface area contributed by atoms with Crippen molar-refractivity contribution in [3.63, 3.8) is 0 Å². The average molecular weight is 434 g/mol. The van der Waals surface area contributed by atoms with Gasteiger partial charge in [-0.2, -0.15) is 0 Å². The fourth-order valence-corrected chi connectivity index (χ4v) is 3.94. The lowest BCUT2D eigenvalue weighted by Gasteiger charge is -2.25. The zero-order valence-corrected chi connectivity index (χ0v) is 17.8. The number of methoxy groups -OCH3 is 2. The number of halogens is 1. The summed E-state index contributed by atoms with van der Waals surface area (Å²) in [6.45, 7) is 6.10. The van der Waals surface area contributed by atoms with Gasteiger partial charge in [0.1, 0.15) is 17.1 Å². The smallest absolute Gasteiger partial charge is 0.414 e. The molecule has 5 nitrogen and oxygen atoms in total. The molecule has 0 aromatic heterocycles. The van der Waals surface area contributed by atoms with Gasteiger partial charge in [0.2, 0.25) is 0 Å². The number of hydrogen-bond acceptors (Lipinski definition) is 4. The predicted molar refractivity (Wildman–Crippen MR) is 109 cm³/mol. The maximum Gasteiger partial charge on any atom is 0.414 e. The molecule has 0 radical (unpaired) electrons. The highest BCUT2D eigenvalue weighted by atomic mass is 79.9. The minimum Gasteiger partial charge on any atom is -0.497 e. The standard InChI is InChI=1S/C21H24BrNO4/c1-21(2,3)27-20(24)23-12-16(13-6-8-14(25-4)9-7-13)19-17(22)10-15(26-5)11-18(19)23/h6-11,16H,12H2,1-5H3. The van der Waals surface area contributed by atoms with Crippen molar-refractivity contribution in [2.75, 3.05) is 25.7 Å². The van der Waals surface area contributed by atoms with Crippen molar-refractivity contribution in [3.8, 4) is 11.5 Å². The summed E-state index contributed by atoms with van der Waals surface area (Å²) in [6, 6.07) is 11.7. The Bertz CT molecular complexity index is 842. The first-order valence-electron chi connectivity index (χ1n) is 8.75. The normalized spacial score (nSPS) is 16.1. The second-order valence-electron chi connectivity index (χ2n) is 7.46. The molecule has 0 spiro atoms. The molecule has 0 saturated heterocycles. The zero-order chi connectivity index (χ0) is 19.8. The first-order valence-corrected chi connectivity index (χ1v) is 9.54. The maximum absolute atomic E-state index is 12.8. The van der Waals surface area contributed by atoms with Crippen molar-refractivity contribution < 1.29 is 19.0 Å². The molecular formula is C21H24BrNO4. The lowest BCUT2D eigenvalue weighted by atomic mass is 9.93. The zero-order valence-electron chi connectivity index (χ0n) is 16.2. The number of anilines is 1. The third kappa shape index (κ3) is 4.05. The van der Waals surface area contributed by atoms with Gasteiger partial charge in [0, 0.05) is 23.0 Å². The van der Waals surface area contributed by atoms with E-state index in [1.165, 1.54) is 0 Å². The summed E-state index contributed by atoms with van der Waals surface area (Å²) < 4.78 is 17.2. The fourth-order valence-electron chi connectivity index (χ4n) is 3.24. The van der Waals surface area contributed by atoms with E-state index in [0.717, 1.165) is 27.0 Å². The number of benzene rings is 2. The Morgan fingerprint density at radius 2 is 1.70 bits per heavy atom. The average Bonchev–Trinajstić information content (AvgIpc) is 3.00. The van der Waals surface area contributed by atoms with Gasteiger partial charge >= 0.3 is 6.09 Å². The molecule has 1 amide bonds. The lowest BCUT2D eigenvalue weighted by Crippen LogP contribution is -2.36. The van der Waals surface area contributed by atoms with Gasteiger partial charge in [0.05, 0.1) is 19.9 Å². The van der Waals surface area contributed by atoms with Crippen LogP contribution >= 0.6 is 15.9 Å². The summed E-state index contributed by atoms with van der Waals surface area (Å²) in [6.07, 6.45) is -0.361. The number of amides is 1. The summed E-state index contributed by atoms with van der Waals surface area (Å²) in [5.41, 5.74) is 2.39. The molecule has 6 heteroatoms. The fraction of sp³-hybridized carbons (Fsp3) is 0.381. The van der Waals surface area contributed by atoms with E-state index in [1.54, 1.807) is 19.1 Å². The molecule has 1 heterocycles. The van der Waals surface area contributed by atoms with E-state index >= 15 is 0 Å². The number of rotatable bonds is 3.